The Bertz CT molecular complexity index is 884. The Morgan fingerprint density at radius 3 is 2.56 bits per heavy atom. The van der Waals surface area contributed by atoms with E-state index in [1.807, 2.05) is 48.5 Å². The average Bonchev–Trinajstić information content (AvgIpc) is 2.69. The molecule has 0 aliphatic carbocycles. The van der Waals surface area contributed by atoms with Crippen molar-refractivity contribution in [1.82, 2.24) is 5.43 Å². The molecule has 3 rings (SSSR count). The number of nitrogens with one attached hydrogen (secondary N) is 2. The van der Waals surface area contributed by atoms with Gasteiger partial charge in [-0.3, -0.25) is 9.59 Å². The number of anilines is 1. The van der Waals surface area contributed by atoms with Gasteiger partial charge in [-0.25, -0.2) is 10.2 Å². The Balaban J connectivity index is 1.56. The number of amides is 2. The first-order valence-electron chi connectivity index (χ1n) is 8.26. The molecule has 0 fully saturated rings. The monoisotopic (exact) mass is 383 g/mol. The Kier molecular flexibility index (Phi) is 6.22. The number of hydrogen-bond acceptors (Lipinski definition) is 6. The van der Waals surface area contributed by atoms with E-state index in [0.717, 1.165) is 9.79 Å². The van der Waals surface area contributed by atoms with Crippen LogP contribution < -0.4 is 10.7 Å². The zero-order valence-electron chi connectivity index (χ0n) is 14.3. The number of hydrazone groups is 1. The number of nitrogens with zero attached hydrogens (tertiary/aromatic N) is 1. The fourth-order valence-electron chi connectivity index (χ4n) is 2.30. The van der Waals surface area contributed by atoms with Crippen LogP contribution in [0.15, 0.2) is 69.5 Å². The molecule has 27 heavy (non-hydrogen) atoms. The van der Waals surface area contributed by atoms with Crippen LogP contribution in [-0.4, -0.2) is 30.1 Å². The van der Waals surface area contributed by atoms with Crippen LogP contribution in [0.1, 0.15) is 12.8 Å². The molecule has 2 aromatic rings. The first-order valence-corrected chi connectivity index (χ1v) is 9.08. The zero-order chi connectivity index (χ0) is 19.1. The van der Waals surface area contributed by atoms with Gasteiger partial charge in [0.2, 0.25) is 5.91 Å². The van der Waals surface area contributed by atoms with E-state index in [4.69, 9.17) is 4.74 Å². The molecule has 0 saturated carbocycles. The summed E-state index contributed by atoms with van der Waals surface area (Å²) in [5, 5.41) is 6.39. The molecule has 0 spiro atoms. The number of benzene rings is 2. The van der Waals surface area contributed by atoms with Gasteiger partial charge in [0.25, 0.3) is 5.91 Å². The number of esters is 1. The van der Waals surface area contributed by atoms with E-state index in [0.29, 0.717) is 5.69 Å². The van der Waals surface area contributed by atoms with Crippen LogP contribution in [0, 0.1) is 0 Å². The van der Waals surface area contributed by atoms with E-state index in [1.54, 1.807) is 6.07 Å². The van der Waals surface area contributed by atoms with Gasteiger partial charge in [0.15, 0.2) is 6.61 Å². The third-order valence-electron chi connectivity index (χ3n) is 3.61. The SMILES string of the molecule is O=C1CCC(C(=O)OCC(=O)Nc2ccccc2Sc2ccccc2)=NN1. The lowest BCUT2D eigenvalue weighted by molar-refractivity contribution is -0.140. The lowest BCUT2D eigenvalue weighted by atomic mass is 10.2. The van der Waals surface area contributed by atoms with Gasteiger partial charge in [0.1, 0.15) is 5.71 Å². The van der Waals surface area contributed by atoms with Crippen molar-refractivity contribution >= 4 is 40.9 Å². The Morgan fingerprint density at radius 1 is 1.07 bits per heavy atom. The van der Waals surface area contributed by atoms with E-state index >= 15 is 0 Å². The van der Waals surface area contributed by atoms with Gasteiger partial charge < -0.3 is 10.1 Å². The van der Waals surface area contributed by atoms with Crippen LogP contribution in [0.2, 0.25) is 0 Å². The summed E-state index contributed by atoms with van der Waals surface area (Å²) in [5.41, 5.74) is 2.95. The molecule has 1 aliphatic rings. The standard InChI is InChI=1S/C19H17N3O4S/c23-17-11-10-15(21-22-17)19(25)26-12-18(24)20-14-8-4-5-9-16(14)27-13-6-2-1-3-7-13/h1-9H,10-12H2,(H,20,24)(H,22,23). The molecule has 138 valence electrons. The van der Waals surface area contributed by atoms with Gasteiger partial charge in [0, 0.05) is 22.6 Å². The summed E-state index contributed by atoms with van der Waals surface area (Å²) < 4.78 is 4.97. The van der Waals surface area contributed by atoms with E-state index in [9.17, 15) is 14.4 Å². The first kappa shape index (κ1) is 18.7. The third-order valence-corrected chi connectivity index (χ3v) is 4.69. The predicted molar refractivity (Wildman–Crippen MR) is 101 cm³/mol. The maximum atomic E-state index is 12.1. The maximum Gasteiger partial charge on any atom is 0.355 e. The van der Waals surface area contributed by atoms with Crippen LogP contribution in [0.3, 0.4) is 0 Å². The van der Waals surface area contributed by atoms with Crippen molar-refractivity contribution in [1.29, 1.82) is 0 Å². The van der Waals surface area contributed by atoms with Crippen molar-refractivity contribution < 1.29 is 19.1 Å². The number of para-hydroxylation sites is 1. The van der Waals surface area contributed by atoms with Crippen molar-refractivity contribution in [2.75, 3.05) is 11.9 Å². The number of carbonyl (C=O) groups is 3. The van der Waals surface area contributed by atoms with E-state index < -0.39 is 18.5 Å². The van der Waals surface area contributed by atoms with Crippen molar-refractivity contribution in [2.45, 2.75) is 22.6 Å². The van der Waals surface area contributed by atoms with E-state index in [1.165, 1.54) is 11.8 Å². The van der Waals surface area contributed by atoms with Gasteiger partial charge in [-0.05, 0) is 24.3 Å². The third kappa shape index (κ3) is 5.42. The van der Waals surface area contributed by atoms with Gasteiger partial charge in [-0.2, -0.15) is 5.10 Å². The summed E-state index contributed by atoms with van der Waals surface area (Å²) in [5.74, 6) is -1.42. The number of ether oxygens (including phenoxy) is 1. The number of carbonyl (C=O) groups excluding carboxylic acids is 3. The molecule has 0 bridgehead atoms. The van der Waals surface area contributed by atoms with Crippen LogP contribution in [-0.2, 0) is 19.1 Å². The second-order valence-corrected chi connectivity index (χ2v) is 6.74. The summed E-state index contributed by atoms with van der Waals surface area (Å²) >= 11 is 1.52. The Morgan fingerprint density at radius 2 is 1.81 bits per heavy atom. The molecule has 2 aromatic carbocycles. The summed E-state index contributed by atoms with van der Waals surface area (Å²) in [4.78, 5) is 37.0. The molecule has 0 unspecified atom stereocenters. The molecule has 2 amide bonds. The van der Waals surface area contributed by atoms with Crippen molar-refractivity contribution in [3.8, 4) is 0 Å². The molecule has 1 aliphatic heterocycles. The van der Waals surface area contributed by atoms with Crippen molar-refractivity contribution in [2.24, 2.45) is 5.10 Å². The fourth-order valence-corrected chi connectivity index (χ4v) is 3.22. The summed E-state index contributed by atoms with van der Waals surface area (Å²) in [6.45, 7) is -0.434. The lowest BCUT2D eigenvalue weighted by Gasteiger charge is -2.12. The topological polar surface area (TPSA) is 96.9 Å². The molecule has 0 saturated heterocycles. The van der Waals surface area contributed by atoms with Crippen LogP contribution in [0.5, 0.6) is 0 Å². The van der Waals surface area contributed by atoms with Crippen LogP contribution in [0.4, 0.5) is 5.69 Å². The number of rotatable bonds is 6. The minimum atomic E-state index is -0.711. The second-order valence-electron chi connectivity index (χ2n) is 5.63. The molecule has 2 N–H and O–H groups in total. The summed E-state index contributed by atoms with van der Waals surface area (Å²) in [7, 11) is 0. The molecule has 0 aromatic heterocycles. The highest BCUT2D eigenvalue weighted by Gasteiger charge is 2.20. The molecular formula is C19H17N3O4S. The highest BCUT2D eigenvalue weighted by Crippen LogP contribution is 2.33. The van der Waals surface area contributed by atoms with Crippen LogP contribution in [0.25, 0.3) is 0 Å². The molecule has 8 heteroatoms. The highest BCUT2D eigenvalue weighted by molar-refractivity contribution is 7.99. The Labute approximate surface area is 160 Å². The predicted octanol–water partition coefficient (Wildman–Crippen LogP) is 2.59. The van der Waals surface area contributed by atoms with Crippen LogP contribution >= 0.6 is 11.8 Å². The van der Waals surface area contributed by atoms with Crippen molar-refractivity contribution in [3.63, 3.8) is 0 Å². The smallest absolute Gasteiger partial charge is 0.355 e. The van der Waals surface area contributed by atoms with Gasteiger partial charge in [0.05, 0.1) is 5.69 Å². The molecule has 0 atom stereocenters. The molecule has 1 heterocycles. The van der Waals surface area contributed by atoms with Crippen molar-refractivity contribution in [3.05, 3.63) is 54.6 Å². The normalized spacial score (nSPS) is 13.3. The van der Waals surface area contributed by atoms with E-state index in [2.05, 4.69) is 15.8 Å². The quantitative estimate of drug-likeness (QED) is 0.748. The van der Waals surface area contributed by atoms with Gasteiger partial charge >= 0.3 is 5.97 Å². The minimum Gasteiger partial charge on any atom is -0.451 e. The maximum absolute atomic E-state index is 12.1. The number of hydrogen-bond donors (Lipinski definition) is 2. The first-order chi connectivity index (χ1) is 13.1. The average molecular weight is 383 g/mol. The van der Waals surface area contributed by atoms with E-state index in [-0.39, 0.29) is 24.5 Å². The lowest BCUT2D eigenvalue weighted by Crippen LogP contribution is -2.32. The minimum absolute atomic E-state index is 0.0995. The summed E-state index contributed by atoms with van der Waals surface area (Å²) in [6, 6.07) is 17.2. The zero-order valence-corrected chi connectivity index (χ0v) is 15.1. The second kappa shape index (κ2) is 9.00. The summed E-state index contributed by atoms with van der Waals surface area (Å²) in [6.07, 6.45) is 0.368. The largest absolute Gasteiger partial charge is 0.451 e. The highest BCUT2D eigenvalue weighted by atomic mass is 32.2. The molecule has 0 radical (unpaired) electrons. The molecular weight excluding hydrogens is 366 g/mol. The van der Waals surface area contributed by atoms with Gasteiger partial charge in [-0.15, -0.1) is 0 Å². The fraction of sp³-hybridized carbons (Fsp3) is 0.158. The molecule has 7 nitrogen and oxygen atoms in total. The van der Waals surface area contributed by atoms with Gasteiger partial charge in [-0.1, -0.05) is 42.1 Å². The Hall–Kier alpha value is -3.13.